The molecule has 8 heteroatoms. The summed E-state index contributed by atoms with van der Waals surface area (Å²) >= 11 is 1.51. The average molecular weight is 352 g/mol. The van der Waals surface area contributed by atoms with Gasteiger partial charge in [0.2, 0.25) is 0 Å². The first-order chi connectivity index (χ1) is 10.8. The van der Waals surface area contributed by atoms with Crippen molar-refractivity contribution in [1.82, 2.24) is 4.98 Å². The predicted octanol–water partition coefficient (Wildman–Crippen LogP) is 2.27. The number of benzene rings is 1. The van der Waals surface area contributed by atoms with E-state index in [4.69, 9.17) is 4.42 Å². The third-order valence-corrected chi connectivity index (χ3v) is 4.36. The monoisotopic (exact) mass is 352 g/mol. The Morgan fingerprint density at radius 2 is 1.87 bits per heavy atom. The lowest BCUT2D eigenvalue weighted by Crippen LogP contribution is -2.27. The highest BCUT2D eigenvalue weighted by Gasteiger charge is 2.11. The van der Waals surface area contributed by atoms with Gasteiger partial charge >= 0.3 is 5.71 Å². The molecule has 0 bridgehead atoms. The summed E-state index contributed by atoms with van der Waals surface area (Å²) in [5, 5.41) is 0.715. The minimum atomic E-state index is -4.27. The number of fused-ring (bicyclic) bond motifs is 1. The summed E-state index contributed by atoms with van der Waals surface area (Å²) in [6, 6.07) is 9.68. The van der Waals surface area contributed by atoms with Gasteiger partial charge in [-0.05, 0) is 31.4 Å². The largest absolute Gasteiger partial charge is 0.744 e. The maximum atomic E-state index is 10.4. The molecule has 3 rings (SSSR count). The SMILES string of the molecule is CSc1nc2ccc[n+](C)c2o1.Cc1ccc(S(=O)(=O)[O-])cc1. The fourth-order valence-electron chi connectivity index (χ4n) is 1.79. The number of thioether (sulfide) groups is 1. The van der Waals surface area contributed by atoms with E-state index < -0.39 is 10.1 Å². The van der Waals surface area contributed by atoms with E-state index in [9.17, 15) is 13.0 Å². The number of pyridine rings is 1. The Morgan fingerprint density at radius 3 is 2.39 bits per heavy atom. The van der Waals surface area contributed by atoms with Gasteiger partial charge in [-0.15, -0.1) is 0 Å². The second kappa shape index (κ2) is 7.12. The molecule has 2 aromatic heterocycles. The van der Waals surface area contributed by atoms with Gasteiger partial charge in [-0.2, -0.15) is 9.55 Å². The molecule has 0 aliphatic heterocycles. The molecule has 2 heterocycles. The zero-order valence-corrected chi connectivity index (χ0v) is 14.5. The Morgan fingerprint density at radius 1 is 1.22 bits per heavy atom. The van der Waals surface area contributed by atoms with Crippen molar-refractivity contribution in [3.05, 3.63) is 48.2 Å². The predicted molar refractivity (Wildman–Crippen MR) is 86.1 cm³/mol. The van der Waals surface area contributed by atoms with E-state index >= 15 is 0 Å². The summed E-state index contributed by atoms with van der Waals surface area (Å²) in [6.07, 6.45) is 3.89. The zero-order chi connectivity index (χ0) is 17.0. The quantitative estimate of drug-likeness (QED) is 0.399. The van der Waals surface area contributed by atoms with Gasteiger partial charge in [-0.25, -0.2) is 8.42 Å². The van der Waals surface area contributed by atoms with Gasteiger partial charge in [0.15, 0.2) is 11.7 Å². The molecule has 0 radical (unpaired) electrons. The highest BCUT2D eigenvalue weighted by atomic mass is 32.2. The molecule has 0 saturated carbocycles. The van der Waals surface area contributed by atoms with Crippen LogP contribution in [-0.4, -0.2) is 24.2 Å². The molecule has 0 saturated heterocycles. The number of hydrogen-bond donors (Lipinski definition) is 0. The Labute approximate surface area is 138 Å². The van der Waals surface area contributed by atoms with E-state index in [2.05, 4.69) is 4.98 Å². The molecule has 0 unspecified atom stereocenters. The van der Waals surface area contributed by atoms with E-state index in [0.717, 1.165) is 16.8 Å². The lowest BCUT2D eigenvalue weighted by atomic mass is 10.2. The topological polar surface area (TPSA) is 87.1 Å². The van der Waals surface area contributed by atoms with Crippen LogP contribution in [0, 0.1) is 6.92 Å². The van der Waals surface area contributed by atoms with E-state index in [1.807, 2.05) is 43.1 Å². The fourth-order valence-corrected chi connectivity index (χ4v) is 2.61. The number of aryl methyl sites for hydroxylation is 2. The number of aromatic nitrogens is 2. The minimum Gasteiger partial charge on any atom is -0.744 e. The normalized spacial score (nSPS) is 11.1. The van der Waals surface area contributed by atoms with Gasteiger partial charge < -0.3 is 8.97 Å². The molecule has 3 aromatic rings. The van der Waals surface area contributed by atoms with Crippen molar-refractivity contribution in [2.75, 3.05) is 6.26 Å². The lowest BCUT2D eigenvalue weighted by Gasteiger charge is -2.05. The molecule has 6 nitrogen and oxygen atoms in total. The number of hydrogen-bond acceptors (Lipinski definition) is 6. The molecule has 23 heavy (non-hydrogen) atoms. The van der Waals surface area contributed by atoms with Crippen molar-refractivity contribution in [1.29, 1.82) is 0 Å². The minimum absolute atomic E-state index is 0.178. The second-order valence-electron chi connectivity index (χ2n) is 4.76. The molecule has 0 aliphatic rings. The van der Waals surface area contributed by atoms with Crippen LogP contribution in [0.25, 0.3) is 11.2 Å². The van der Waals surface area contributed by atoms with Crippen LogP contribution in [0.2, 0.25) is 0 Å². The Balaban J connectivity index is 0.000000168. The van der Waals surface area contributed by atoms with E-state index in [-0.39, 0.29) is 4.90 Å². The van der Waals surface area contributed by atoms with Crippen LogP contribution in [0.4, 0.5) is 0 Å². The molecule has 122 valence electrons. The molecular weight excluding hydrogens is 336 g/mol. The van der Waals surface area contributed by atoms with Crippen molar-refractivity contribution in [3.63, 3.8) is 0 Å². The van der Waals surface area contributed by atoms with Crippen LogP contribution in [0.3, 0.4) is 0 Å². The Bertz CT molecular complexity index is 903. The smallest absolute Gasteiger partial charge is 0.401 e. The summed E-state index contributed by atoms with van der Waals surface area (Å²) in [5.74, 6) is 0. The molecule has 0 aliphatic carbocycles. The second-order valence-corrected chi connectivity index (χ2v) is 6.90. The van der Waals surface area contributed by atoms with E-state index in [0.29, 0.717) is 5.22 Å². The maximum Gasteiger partial charge on any atom is 0.401 e. The first kappa shape index (κ1) is 17.5. The van der Waals surface area contributed by atoms with Crippen LogP contribution in [0.15, 0.2) is 57.1 Å². The molecular formula is C15H16N2O4S2. The standard InChI is InChI=1S/C8H9N2OS.C7H8O3S/c1-10-5-3-4-6-7(10)11-8(9-6)12-2;1-6-2-4-7(5-3-6)11(8,9)10/h3-5H,1-2H3;2-5H,1H3,(H,8,9,10)/q+1;/p-1. The van der Waals surface area contributed by atoms with E-state index in [1.54, 1.807) is 12.1 Å². The maximum absolute atomic E-state index is 10.4. The first-order valence-electron chi connectivity index (χ1n) is 6.63. The molecule has 0 amide bonds. The number of oxazole rings is 1. The fraction of sp³-hybridized carbons (Fsp3) is 0.200. The van der Waals surface area contributed by atoms with Crippen molar-refractivity contribution < 1.29 is 22.0 Å². The summed E-state index contributed by atoms with van der Waals surface area (Å²) in [4.78, 5) is 4.09. The van der Waals surface area contributed by atoms with Gasteiger partial charge in [0, 0.05) is 6.07 Å². The van der Waals surface area contributed by atoms with Crippen LogP contribution in [0.5, 0.6) is 0 Å². The zero-order valence-electron chi connectivity index (χ0n) is 12.9. The lowest BCUT2D eigenvalue weighted by molar-refractivity contribution is -0.651. The Hall–Kier alpha value is -1.90. The van der Waals surface area contributed by atoms with Crippen LogP contribution in [-0.2, 0) is 17.2 Å². The summed E-state index contributed by atoms with van der Waals surface area (Å²) in [6.45, 7) is 1.82. The third kappa shape index (κ3) is 4.54. The first-order valence-corrected chi connectivity index (χ1v) is 9.26. The van der Waals surface area contributed by atoms with E-state index in [1.165, 1.54) is 23.9 Å². The molecule has 0 atom stereocenters. The van der Waals surface area contributed by atoms with Crippen molar-refractivity contribution >= 4 is 33.1 Å². The summed E-state index contributed by atoms with van der Waals surface area (Å²) < 4.78 is 38.5. The summed E-state index contributed by atoms with van der Waals surface area (Å²) in [5.41, 5.74) is 2.66. The van der Waals surface area contributed by atoms with Crippen molar-refractivity contribution in [2.24, 2.45) is 7.05 Å². The van der Waals surface area contributed by atoms with Gasteiger partial charge in [-0.1, -0.05) is 29.5 Å². The van der Waals surface area contributed by atoms with Gasteiger partial charge in [-0.3, -0.25) is 0 Å². The summed E-state index contributed by atoms with van der Waals surface area (Å²) in [7, 11) is -2.33. The molecule has 0 spiro atoms. The van der Waals surface area contributed by atoms with Crippen LogP contribution < -0.4 is 4.57 Å². The van der Waals surface area contributed by atoms with Crippen LogP contribution in [0.1, 0.15) is 5.56 Å². The van der Waals surface area contributed by atoms with Crippen LogP contribution >= 0.6 is 11.8 Å². The average Bonchev–Trinajstić information content (AvgIpc) is 2.92. The third-order valence-electron chi connectivity index (χ3n) is 2.98. The number of rotatable bonds is 2. The highest BCUT2D eigenvalue weighted by Crippen LogP contribution is 2.17. The number of nitrogens with zero attached hydrogens (tertiary/aromatic N) is 2. The van der Waals surface area contributed by atoms with Crippen molar-refractivity contribution in [3.8, 4) is 0 Å². The molecule has 0 N–H and O–H groups in total. The molecule has 0 fully saturated rings. The van der Waals surface area contributed by atoms with Gasteiger partial charge in [0.1, 0.15) is 17.2 Å². The van der Waals surface area contributed by atoms with Gasteiger partial charge in [0.05, 0.1) is 4.90 Å². The van der Waals surface area contributed by atoms with Gasteiger partial charge in [0.25, 0.3) is 5.22 Å². The molecule has 1 aromatic carbocycles. The Kier molecular flexibility index (Phi) is 5.40. The van der Waals surface area contributed by atoms with Crippen molar-refractivity contribution in [2.45, 2.75) is 17.0 Å². The highest BCUT2D eigenvalue weighted by molar-refractivity contribution is 7.98.